The van der Waals surface area contributed by atoms with Crippen molar-refractivity contribution >= 4 is 10.0 Å². The van der Waals surface area contributed by atoms with Gasteiger partial charge in [0.1, 0.15) is 0 Å². The van der Waals surface area contributed by atoms with Gasteiger partial charge in [0.05, 0.1) is 5.25 Å². The Morgan fingerprint density at radius 2 is 1.53 bits per heavy atom. The van der Waals surface area contributed by atoms with Crippen LogP contribution in [0.2, 0.25) is 0 Å². The molecule has 0 fully saturated rings. The van der Waals surface area contributed by atoms with Crippen molar-refractivity contribution in [2.45, 2.75) is 58.8 Å². The Balaban J connectivity index is 4.58. The smallest absolute Gasteiger partial charge is 0.217 e. The normalized spacial score (nSPS) is 14.5. The van der Waals surface area contributed by atoms with Crippen LogP contribution in [0.5, 0.6) is 0 Å². The molecule has 17 heavy (non-hydrogen) atoms. The molecule has 0 radical (unpaired) electrons. The van der Waals surface area contributed by atoms with Gasteiger partial charge in [-0.1, -0.05) is 27.7 Å². The minimum absolute atomic E-state index is 0.318. The Morgan fingerprint density at radius 3 is 1.88 bits per heavy atom. The molecule has 0 aromatic heterocycles. The van der Waals surface area contributed by atoms with Crippen molar-refractivity contribution in [3.05, 3.63) is 0 Å². The predicted octanol–water partition coefficient (Wildman–Crippen LogP) is 1.82. The molecule has 0 spiro atoms. The highest BCUT2D eigenvalue weighted by Crippen LogP contribution is 2.10. The van der Waals surface area contributed by atoms with Gasteiger partial charge in [0, 0.05) is 25.7 Å². The summed E-state index contributed by atoms with van der Waals surface area (Å²) in [7, 11) is -3.15. The van der Waals surface area contributed by atoms with Gasteiger partial charge in [-0.2, -0.15) is 0 Å². The van der Waals surface area contributed by atoms with Gasteiger partial charge in [0.2, 0.25) is 10.0 Å². The predicted molar refractivity (Wildman–Crippen MR) is 73.7 cm³/mol. The third kappa shape index (κ3) is 5.84. The number of rotatable bonds is 9. The van der Waals surface area contributed by atoms with Crippen LogP contribution in [-0.2, 0) is 10.0 Å². The van der Waals surface area contributed by atoms with Crippen molar-refractivity contribution in [3.8, 4) is 0 Å². The van der Waals surface area contributed by atoms with E-state index in [1.807, 2.05) is 27.7 Å². The summed E-state index contributed by atoms with van der Waals surface area (Å²) in [5, 5.41) is 2.83. The second-order valence-corrected chi connectivity index (χ2v) is 7.17. The molecule has 1 atom stereocenters. The van der Waals surface area contributed by atoms with Gasteiger partial charge in [-0.15, -0.1) is 0 Å². The van der Waals surface area contributed by atoms with Gasteiger partial charge >= 0.3 is 0 Å². The standard InChI is InChI=1S/C12H28N2O2S/c1-6-8-14(9-7-2)17(15,16)12(5)10-13-11(3)4/h11-13H,6-10H2,1-5H3. The highest BCUT2D eigenvalue weighted by molar-refractivity contribution is 7.89. The van der Waals surface area contributed by atoms with Crippen LogP contribution in [0.15, 0.2) is 0 Å². The van der Waals surface area contributed by atoms with E-state index in [1.165, 1.54) is 0 Å². The number of sulfonamides is 1. The summed E-state index contributed by atoms with van der Waals surface area (Å²) in [4.78, 5) is 0. The van der Waals surface area contributed by atoms with E-state index >= 15 is 0 Å². The zero-order valence-electron chi connectivity index (χ0n) is 11.9. The van der Waals surface area contributed by atoms with E-state index in [9.17, 15) is 8.42 Å². The molecule has 0 rings (SSSR count). The molecule has 1 N–H and O–H groups in total. The zero-order valence-corrected chi connectivity index (χ0v) is 12.7. The number of nitrogens with one attached hydrogen (secondary N) is 1. The van der Waals surface area contributed by atoms with Crippen molar-refractivity contribution in [1.82, 2.24) is 9.62 Å². The molecule has 0 aromatic carbocycles. The fourth-order valence-electron chi connectivity index (χ4n) is 1.63. The highest BCUT2D eigenvalue weighted by atomic mass is 32.2. The third-order valence-electron chi connectivity index (χ3n) is 2.63. The molecule has 1 unspecified atom stereocenters. The third-order valence-corrected chi connectivity index (χ3v) is 4.90. The summed E-state index contributed by atoms with van der Waals surface area (Å²) < 4.78 is 26.2. The molecule has 0 bridgehead atoms. The van der Waals surface area contributed by atoms with Crippen molar-refractivity contribution in [2.24, 2.45) is 0 Å². The average Bonchev–Trinajstić information content (AvgIpc) is 2.25. The van der Waals surface area contributed by atoms with Crippen LogP contribution >= 0.6 is 0 Å². The Kier molecular flexibility index (Phi) is 8.00. The van der Waals surface area contributed by atoms with Gasteiger partial charge in [-0.25, -0.2) is 12.7 Å². The first-order valence-electron chi connectivity index (χ1n) is 6.58. The molecule has 0 saturated heterocycles. The molecule has 0 heterocycles. The Bertz CT molecular complexity index is 283. The zero-order chi connectivity index (χ0) is 13.5. The van der Waals surface area contributed by atoms with Crippen LogP contribution in [0.25, 0.3) is 0 Å². The summed E-state index contributed by atoms with van der Waals surface area (Å²) in [6.07, 6.45) is 1.73. The monoisotopic (exact) mass is 264 g/mol. The quantitative estimate of drug-likeness (QED) is 0.691. The van der Waals surface area contributed by atoms with E-state index in [-0.39, 0.29) is 5.25 Å². The topological polar surface area (TPSA) is 49.4 Å². The first-order valence-corrected chi connectivity index (χ1v) is 8.08. The van der Waals surface area contributed by atoms with Crippen molar-refractivity contribution in [2.75, 3.05) is 19.6 Å². The second-order valence-electron chi connectivity index (χ2n) is 4.82. The summed E-state index contributed by atoms with van der Waals surface area (Å²) in [6.45, 7) is 11.6. The molecular weight excluding hydrogens is 236 g/mol. The average molecular weight is 264 g/mol. The van der Waals surface area contributed by atoms with E-state index in [0.717, 1.165) is 12.8 Å². The van der Waals surface area contributed by atoms with Gasteiger partial charge in [0.15, 0.2) is 0 Å². The van der Waals surface area contributed by atoms with E-state index in [4.69, 9.17) is 0 Å². The fourth-order valence-corrected chi connectivity index (χ4v) is 3.32. The second kappa shape index (κ2) is 8.06. The summed E-state index contributed by atoms with van der Waals surface area (Å²) in [6, 6.07) is 0.318. The van der Waals surface area contributed by atoms with Gasteiger partial charge < -0.3 is 5.32 Å². The maximum absolute atomic E-state index is 12.3. The molecule has 0 amide bonds. The van der Waals surface area contributed by atoms with Crippen LogP contribution in [0.3, 0.4) is 0 Å². The summed E-state index contributed by atoms with van der Waals surface area (Å²) in [5.41, 5.74) is 0. The Hall–Kier alpha value is -0.130. The lowest BCUT2D eigenvalue weighted by atomic mass is 10.3. The van der Waals surface area contributed by atoms with E-state index in [1.54, 1.807) is 11.2 Å². The molecule has 5 heteroatoms. The molecule has 0 aliphatic heterocycles. The lowest BCUT2D eigenvalue weighted by molar-refractivity contribution is 0.400. The molecule has 0 saturated carbocycles. The molecule has 4 nitrogen and oxygen atoms in total. The van der Waals surface area contributed by atoms with Crippen molar-refractivity contribution < 1.29 is 8.42 Å². The first-order chi connectivity index (χ1) is 7.86. The SMILES string of the molecule is CCCN(CCC)S(=O)(=O)C(C)CNC(C)C. The van der Waals surface area contributed by atoms with E-state index in [0.29, 0.717) is 25.7 Å². The first kappa shape index (κ1) is 16.9. The van der Waals surface area contributed by atoms with Gasteiger partial charge in [-0.05, 0) is 19.8 Å². The number of nitrogens with zero attached hydrogens (tertiary/aromatic N) is 1. The maximum atomic E-state index is 12.3. The van der Waals surface area contributed by atoms with Crippen LogP contribution < -0.4 is 5.32 Å². The van der Waals surface area contributed by atoms with Crippen LogP contribution in [0, 0.1) is 0 Å². The maximum Gasteiger partial charge on any atom is 0.217 e. The molecule has 104 valence electrons. The minimum Gasteiger partial charge on any atom is -0.313 e. The van der Waals surface area contributed by atoms with E-state index < -0.39 is 10.0 Å². The van der Waals surface area contributed by atoms with Crippen LogP contribution in [0.1, 0.15) is 47.5 Å². The fraction of sp³-hybridized carbons (Fsp3) is 1.00. The Morgan fingerprint density at radius 1 is 1.06 bits per heavy atom. The lowest BCUT2D eigenvalue weighted by Gasteiger charge is -2.25. The van der Waals surface area contributed by atoms with Gasteiger partial charge in [-0.3, -0.25) is 0 Å². The lowest BCUT2D eigenvalue weighted by Crippen LogP contribution is -2.43. The number of hydrogen-bond acceptors (Lipinski definition) is 3. The number of hydrogen-bond donors (Lipinski definition) is 1. The molecule has 0 aromatic rings. The molecule has 0 aliphatic carbocycles. The Labute approximate surface area is 107 Å². The highest BCUT2D eigenvalue weighted by Gasteiger charge is 2.27. The summed E-state index contributed by atoms with van der Waals surface area (Å²) >= 11 is 0. The van der Waals surface area contributed by atoms with Gasteiger partial charge in [0.25, 0.3) is 0 Å². The molecular formula is C12H28N2O2S. The van der Waals surface area contributed by atoms with Crippen LogP contribution in [0.4, 0.5) is 0 Å². The largest absolute Gasteiger partial charge is 0.313 e. The van der Waals surface area contributed by atoms with Crippen molar-refractivity contribution in [3.63, 3.8) is 0 Å². The molecule has 0 aliphatic rings. The summed E-state index contributed by atoms with van der Waals surface area (Å²) in [5.74, 6) is 0. The van der Waals surface area contributed by atoms with E-state index in [2.05, 4.69) is 5.32 Å². The minimum atomic E-state index is -3.15. The van der Waals surface area contributed by atoms with Crippen LogP contribution in [-0.4, -0.2) is 43.6 Å². The van der Waals surface area contributed by atoms with Crippen molar-refractivity contribution in [1.29, 1.82) is 0 Å².